The van der Waals surface area contributed by atoms with Crippen molar-refractivity contribution in [3.8, 4) is 0 Å². The zero-order chi connectivity index (χ0) is 17.3. The Hall–Kier alpha value is -0.540. The molecule has 0 unspecified atom stereocenters. The summed E-state index contributed by atoms with van der Waals surface area (Å²) in [6.45, 7) is 8.25. The number of methoxy groups -OCH3 is 1. The Balaban J connectivity index is 1.77. The van der Waals surface area contributed by atoms with Crippen LogP contribution in [0.5, 0.6) is 0 Å². The van der Waals surface area contributed by atoms with Crippen LogP contribution in [0.3, 0.4) is 0 Å². The van der Waals surface area contributed by atoms with E-state index in [1.807, 2.05) is 6.92 Å². The fraction of sp³-hybridized carbons (Fsp3) is 0.812. The standard InChI is InChI=1S/C16H27N3O3S2/c1-4-13-16(23-12(2)17-13)9-19-6-5-18(7-8-22-3)14-10-24(20,21)11-15(14)19/h14-15H,4-11H2,1-3H3/t14-,15+/m1/s1. The molecule has 136 valence electrons. The molecule has 2 aliphatic rings. The van der Waals surface area contributed by atoms with Crippen LogP contribution in [0.2, 0.25) is 0 Å². The first-order valence-corrected chi connectivity index (χ1v) is 11.2. The molecule has 6 nitrogen and oxygen atoms in total. The molecule has 0 amide bonds. The summed E-state index contributed by atoms with van der Waals surface area (Å²) in [5, 5.41) is 1.09. The topological polar surface area (TPSA) is 62.7 Å². The molecule has 3 rings (SSSR count). The van der Waals surface area contributed by atoms with E-state index in [4.69, 9.17) is 4.74 Å². The summed E-state index contributed by atoms with van der Waals surface area (Å²) in [4.78, 5) is 10.6. The molecule has 1 aromatic heterocycles. The summed E-state index contributed by atoms with van der Waals surface area (Å²) in [5.74, 6) is 0.556. The van der Waals surface area contributed by atoms with Gasteiger partial charge in [0, 0.05) is 50.2 Å². The zero-order valence-corrected chi connectivity index (χ0v) is 16.3. The average Bonchev–Trinajstić information content (AvgIpc) is 3.05. The van der Waals surface area contributed by atoms with Crippen molar-refractivity contribution < 1.29 is 13.2 Å². The molecule has 1 aromatic rings. The maximum atomic E-state index is 12.2. The van der Waals surface area contributed by atoms with Gasteiger partial charge in [0.05, 0.1) is 28.8 Å². The van der Waals surface area contributed by atoms with Gasteiger partial charge in [-0.2, -0.15) is 0 Å². The number of ether oxygens (including phenoxy) is 1. The minimum absolute atomic E-state index is 0.0905. The van der Waals surface area contributed by atoms with E-state index in [1.165, 1.54) is 4.88 Å². The SMILES string of the molecule is CCc1nc(C)sc1CN1CCN(CCOC)[C@@H]2CS(=O)(=O)C[C@@H]21. The van der Waals surface area contributed by atoms with Crippen LogP contribution in [-0.4, -0.2) is 80.1 Å². The van der Waals surface area contributed by atoms with Gasteiger partial charge in [0.1, 0.15) is 0 Å². The monoisotopic (exact) mass is 373 g/mol. The third-order valence-electron chi connectivity index (χ3n) is 5.06. The van der Waals surface area contributed by atoms with Crippen molar-refractivity contribution >= 4 is 21.2 Å². The van der Waals surface area contributed by atoms with E-state index < -0.39 is 9.84 Å². The summed E-state index contributed by atoms with van der Waals surface area (Å²) >= 11 is 1.75. The van der Waals surface area contributed by atoms with Crippen LogP contribution in [0.4, 0.5) is 0 Å². The molecule has 2 saturated heterocycles. The van der Waals surface area contributed by atoms with Gasteiger partial charge in [0.15, 0.2) is 9.84 Å². The van der Waals surface area contributed by atoms with Crippen LogP contribution >= 0.6 is 11.3 Å². The lowest BCUT2D eigenvalue weighted by Crippen LogP contribution is -2.59. The fourth-order valence-corrected chi connectivity index (χ4v) is 6.97. The normalized spacial score (nSPS) is 27.5. The van der Waals surface area contributed by atoms with E-state index in [9.17, 15) is 8.42 Å². The maximum absolute atomic E-state index is 12.2. The van der Waals surface area contributed by atoms with E-state index in [2.05, 4.69) is 21.7 Å². The Kier molecular flexibility index (Phi) is 5.61. The van der Waals surface area contributed by atoms with Gasteiger partial charge in [0.25, 0.3) is 0 Å². The molecule has 2 fully saturated rings. The smallest absolute Gasteiger partial charge is 0.153 e. The van der Waals surface area contributed by atoms with E-state index >= 15 is 0 Å². The van der Waals surface area contributed by atoms with Crippen LogP contribution in [0.1, 0.15) is 22.5 Å². The Morgan fingerprint density at radius 2 is 1.92 bits per heavy atom. The van der Waals surface area contributed by atoms with Crippen molar-refractivity contribution in [2.75, 3.05) is 44.9 Å². The number of aryl methyl sites for hydroxylation is 2. The summed E-state index contributed by atoms with van der Waals surface area (Å²) in [5.41, 5.74) is 1.16. The Labute approximate surface area is 148 Å². The van der Waals surface area contributed by atoms with E-state index in [-0.39, 0.29) is 23.6 Å². The number of sulfone groups is 1. The molecule has 0 saturated carbocycles. The van der Waals surface area contributed by atoms with E-state index in [1.54, 1.807) is 18.4 Å². The van der Waals surface area contributed by atoms with E-state index in [0.29, 0.717) is 6.61 Å². The molecule has 0 N–H and O–H groups in total. The van der Waals surface area contributed by atoms with Crippen molar-refractivity contribution in [2.45, 2.75) is 38.9 Å². The first-order chi connectivity index (χ1) is 11.4. The number of nitrogens with zero attached hydrogens (tertiary/aromatic N) is 3. The first-order valence-electron chi connectivity index (χ1n) is 8.56. The van der Waals surface area contributed by atoms with Gasteiger partial charge >= 0.3 is 0 Å². The highest BCUT2D eigenvalue weighted by atomic mass is 32.2. The van der Waals surface area contributed by atoms with Crippen molar-refractivity contribution in [1.82, 2.24) is 14.8 Å². The molecule has 0 bridgehead atoms. The molecule has 2 atom stereocenters. The van der Waals surface area contributed by atoms with Crippen LogP contribution in [0, 0.1) is 6.92 Å². The summed E-state index contributed by atoms with van der Waals surface area (Å²) < 4.78 is 29.7. The minimum atomic E-state index is -2.96. The third kappa shape index (κ3) is 3.83. The third-order valence-corrected chi connectivity index (χ3v) is 7.75. The lowest BCUT2D eigenvalue weighted by Gasteiger charge is -2.43. The quantitative estimate of drug-likeness (QED) is 0.740. The van der Waals surface area contributed by atoms with Crippen LogP contribution in [0.15, 0.2) is 0 Å². The number of hydrogen-bond donors (Lipinski definition) is 0. The number of hydrogen-bond acceptors (Lipinski definition) is 7. The molecule has 0 aliphatic carbocycles. The second-order valence-electron chi connectivity index (χ2n) is 6.67. The van der Waals surface area contributed by atoms with Gasteiger partial charge < -0.3 is 4.74 Å². The molecule has 24 heavy (non-hydrogen) atoms. The van der Waals surface area contributed by atoms with Gasteiger partial charge in [-0.15, -0.1) is 11.3 Å². The predicted octanol–water partition coefficient (Wildman–Crippen LogP) is 0.944. The minimum Gasteiger partial charge on any atom is -0.383 e. The largest absolute Gasteiger partial charge is 0.383 e. The van der Waals surface area contributed by atoms with Gasteiger partial charge in [-0.3, -0.25) is 9.80 Å². The van der Waals surface area contributed by atoms with Gasteiger partial charge in [-0.05, 0) is 13.3 Å². The Morgan fingerprint density at radius 3 is 2.58 bits per heavy atom. The second kappa shape index (κ2) is 7.37. The number of fused-ring (bicyclic) bond motifs is 1. The van der Waals surface area contributed by atoms with Crippen LogP contribution in [-0.2, 0) is 27.5 Å². The molecule has 3 heterocycles. The summed E-state index contributed by atoms with van der Waals surface area (Å²) in [6, 6.07) is 0.186. The second-order valence-corrected chi connectivity index (χ2v) is 10.1. The highest BCUT2D eigenvalue weighted by Crippen LogP contribution is 2.30. The maximum Gasteiger partial charge on any atom is 0.153 e. The average molecular weight is 374 g/mol. The molecule has 0 spiro atoms. The molecule has 0 radical (unpaired) electrons. The lowest BCUT2D eigenvalue weighted by molar-refractivity contribution is 0.0256. The summed E-state index contributed by atoms with van der Waals surface area (Å²) in [6.07, 6.45) is 0.930. The predicted molar refractivity (Wildman–Crippen MR) is 96.3 cm³/mol. The fourth-order valence-electron chi connectivity index (χ4n) is 3.88. The molecular formula is C16H27N3O3S2. The van der Waals surface area contributed by atoms with Crippen LogP contribution in [0.25, 0.3) is 0 Å². The van der Waals surface area contributed by atoms with Crippen molar-refractivity contribution in [3.63, 3.8) is 0 Å². The van der Waals surface area contributed by atoms with E-state index in [0.717, 1.165) is 43.3 Å². The highest BCUT2D eigenvalue weighted by Gasteiger charge is 2.46. The van der Waals surface area contributed by atoms with Crippen molar-refractivity contribution in [2.24, 2.45) is 0 Å². The van der Waals surface area contributed by atoms with Gasteiger partial charge in [-0.1, -0.05) is 6.92 Å². The number of aromatic nitrogens is 1. The molecule has 8 heteroatoms. The summed E-state index contributed by atoms with van der Waals surface area (Å²) in [7, 11) is -1.27. The van der Waals surface area contributed by atoms with Gasteiger partial charge in [-0.25, -0.2) is 13.4 Å². The van der Waals surface area contributed by atoms with Crippen LogP contribution < -0.4 is 0 Å². The molecule has 0 aromatic carbocycles. The lowest BCUT2D eigenvalue weighted by atomic mass is 10.0. The number of thiazole rings is 1. The van der Waals surface area contributed by atoms with Gasteiger partial charge in [0.2, 0.25) is 0 Å². The Morgan fingerprint density at radius 1 is 1.25 bits per heavy atom. The highest BCUT2D eigenvalue weighted by molar-refractivity contribution is 7.91. The zero-order valence-electron chi connectivity index (χ0n) is 14.7. The van der Waals surface area contributed by atoms with Crippen molar-refractivity contribution in [1.29, 1.82) is 0 Å². The molecule has 2 aliphatic heterocycles. The van der Waals surface area contributed by atoms with Crippen molar-refractivity contribution in [3.05, 3.63) is 15.6 Å². The molecular weight excluding hydrogens is 346 g/mol. The Bertz CT molecular complexity index is 674. The number of piperazine rings is 1. The number of rotatable bonds is 6. The first kappa shape index (κ1) is 18.3.